The Morgan fingerprint density at radius 3 is 2.76 bits per heavy atom. The van der Waals surface area contributed by atoms with Crippen LogP contribution >= 0.6 is 0 Å². The van der Waals surface area contributed by atoms with Gasteiger partial charge in [-0.25, -0.2) is 9.97 Å². The van der Waals surface area contributed by atoms with Gasteiger partial charge in [-0.05, 0) is 37.0 Å². The first kappa shape index (κ1) is 16.0. The van der Waals surface area contributed by atoms with E-state index >= 15 is 0 Å². The molecule has 6 nitrogen and oxygen atoms in total. The number of amides is 1. The quantitative estimate of drug-likeness (QED) is 0.918. The minimum Gasteiger partial charge on any atom is -0.396 e. The summed E-state index contributed by atoms with van der Waals surface area (Å²) in [6, 6.07) is 9.87. The SMILES string of the molecule is O=C(N1CCc2ccccc21)C1(CCO)CCN(c2ncccn2)C1. The number of anilines is 2. The van der Waals surface area contributed by atoms with Gasteiger partial charge in [0.1, 0.15) is 0 Å². The van der Waals surface area contributed by atoms with Crippen molar-refractivity contribution >= 4 is 17.5 Å². The van der Waals surface area contributed by atoms with Crippen molar-refractivity contribution in [2.45, 2.75) is 19.3 Å². The summed E-state index contributed by atoms with van der Waals surface area (Å²) in [4.78, 5) is 26.0. The van der Waals surface area contributed by atoms with Gasteiger partial charge in [-0.15, -0.1) is 0 Å². The molecule has 0 spiro atoms. The minimum absolute atomic E-state index is 0.00468. The van der Waals surface area contributed by atoms with Crippen LogP contribution in [0.2, 0.25) is 0 Å². The zero-order chi connectivity index (χ0) is 17.3. The fourth-order valence-electron chi connectivity index (χ4n) is 4.03. The second-order valence-electron chi connectivity index (χ2n) is 6.81. The number of aliphatic hydroxyl groups excluding tert-OH is 1. The number of hydrogen-bond acceptors (Lipinski definition) is 5. The topological polar surface area (TPSA) is 69.6 Å². The average Bonchev–Trinajstić information content (AvgIpc) is 3.27. The van der Waals surface area contributed by atoms with Crippen molar-refractivity contribution in [3.8, 4) is 0 Å². The number of para-hydroxylation sites is 1. The molecule has 6 heteroatoms. The molecule has 25 heavy (non-hydrogen) atoms. The van der Waals surface area contributed by atoms with E-state index in [2.05, 4.69) is 20.9 Å². The predicted molar refractivity (Wildman–Crippen MR) is 95.5 cm³/mol. The maximum absolute atomic E-state index is 13.4. The normalized spacial score (nSPS) is 22.3. The zero-order valence-electron chi connectivity index (χ0n) is 14.1. The van der Waals surface area contributed by atoms with Crippen molar-refractivity contribution in [3.05, 3.63) is 48.3 Å². The third-order valence-corrected chi connectivity index (χ3v) is 5.37. The van der Waals surface area contributed by atoms with Crippen molar-refractivity contribution in [1.29, 1.82) is 0 Å². The predicted octanol–water partition coefficient (Wildman–Crippen LogP) is 1.64. The summed E-state index contributed by atoms with van der Waals surface area (Å²) in [7, 11) is 0. The summed E-state index contributed by atoms with van der Waals surface area (Å²) in [6.07, 6.45) is 5.50. The Labute approximate surface area is 147 Å². The van der Waals surface area contributed by atoms with Crippen LogP contribution < -0.4 is 9.80 Å². The molecule has 1 saturated heterocycles. The Hall–Kier alpha value is -2.47. The van der Waals surface area contributed by atoms with Gasteiger partial charge in [-0.3, -0.25) is 4.79 Å². The lowest BCUT2D eigenvalue weighted by Crippen LogP contribution is -2.46. The van der Waals surface area contributed by atoms with Crippen LogP contribution in [0, 0.1) is 5.41 Å². The van der Waals surface area contributed by atoms with Crippen molar-refractivity contribution in [2.24, 2.45) is 5.41 Å². The first-order chi connectivity index (χ1) is 12.2. The van der Waals surface area contributed by atoms with E-state index in [1.54, 1.807) is 18.5 Å². The monoisotopic (exact) mass is 338 g/mol. The first-order valence-corrected chi connectivity index (χ1v) is 8.76. The van der Waals surface area contributed by atoms with Gasteiger partial charge in [-0.1, -0.05) is 18.2 Å². The molecule has 0 saturated carbocycles. The van der Waals surface area contributed by atoms with Gasteiger partial charge in [0.25, 0.3) is 0 Å². The van der Waals surface area contributed by atoms with Gasteiger partial charge in [-0.2, -0.15) is 0 Å². The fourth-order valence-corrected chi connectivity index (χ4v) is 4.03. The lowest BCUT2D eigenvalue weighted by molar-refractivity contribution is -0.128. The van der Waals surface area contributed by atoms with Crippen molar-refractivity contribution in [1.82, 2.24) is 9.97 Å². The second kappa shape index (κ2) is 6.44. The minimum atomic E-state index is -0.578. The fraction of sp³-hybridized carbons (Fsp3) is 0.421. The molecule has 1 fully saturated rings. The van der Waals surface area contributed by atoms with E-state index in [9.17, 15) is 9.90 Å². The number of rotatable bonds is 4. The average molecular weight is 338 g/mol. The largest absolute Gasteiger partial charge is 0.396 e. The Morgan fingerprint density at radius 1 is 1.16 bits per heavy atom. The van der Waals surface area contributed by atoms with E-state index < -0.39 is 5.41 Å². The van der Waals surface area contributed by atoms with Gasteiger partial charge >= 0.3 is 0 Å². The Balaban J connectivity index is 1.61. The van der Waals surface area contributed by atoms with Gasteiger partial charge in [0, 0.05) is 44.3 Å². The lowest BCUT2D eigenvalue weighted by atomic mass is 9.82. The number of aromatic nitrogens is 2. The number of hydrogen-bond donors (Lipinski definition) is 1. The smallest absolute Gasteiger partial charge is 0.235 e. The van der Waals surface area contributed by atoms with Gasteiger partial charge in [0.05, 0.1) is 5.41 Å². The molecule has 1 unspecified atom stereocenters. The van der Waals surface area contributed by atoms with Crippen LogP contribution in [0.5, 0.6) is 0 Å². The van der Waals surface area contributed by atoms with Crippen LogP contribution in [0.4, 0.5) is 11.6 Å². The summed E-state index contributed by atoms with van der Waals surface area (Å²) in [6.45, 7) is 2.00. The van der Waals surface area contributed by atoms with Crippen LogP contribution in [-0.2, 0) is 11.2 Å². The van der Waals surface area contributed by atoms with E-state index in [-0.39, 0.29) is 12.5 Å². The van der Waals surface area contributed by atoms with E-state index in [0.717, 1.165) is 18.7 Å². The molecule has 0 bridgehead atoms. The van der Waals surface area contributed by atoms with Crippen LogP contribution in [0.3, 0.4) is 0 Å². The Bertz CT molecular complexity index is 767. The molecule has 1 aromatic heterocycles. The number of aliphatic hydroxyl groups is 1. The number of carbonyl (C=O) groups is 1. The molecule has 2 aliphatic rings. The molecule has 3 heterocycles. The van der Waals surface area contributed by atoms with Gasteiger partial charge in [0.15, 0.2) is 0 Å². The molecule has 0 radical (unpaired) electrons. The third kappa shape index (κ3) is 2.76. The van der Waals surface area contributed by atoms with E-state index in [4.69, 9.17) is 0 Å². The second-order valence-corrected chi connectivity index (χ2v) is 6.81. The highest BCUT2D eigenvalue weighted by Gasteiger charge is 2.47. The van der Waals surface area contributed by atoms with Gasteiger partial charge < -0.3 is 14.9 Å². The molecule has 4 rings (SSSR count). The molecule has 2 aliphatic heterocycles. The molecular weight excluding hydrogens is 316 g/mol. The van der Waals surface area contributed by atoms with Crippen molar-refractivity contribution in [3.63, 3.8) is 0 Å². The van der Waals surface area contributed by atoms with Crippen LogP contribution in [0.15, 0.2) is 42.7 Å². The summed E-state index contributed by atoms with van der Waals surface area (Å²) in [5.74, 6) is 0.766. The molecule has 2 aromatic rings. The zero-order valence-corrected chi connectivity index (χ0v) is 14.1. The van der Waals surface area contributed by atoms with Crippen LogP contribution in [-0.4, -0.2) is 47.2 Å². The maximum Gasteiger partial charge on any atom is 0.235 e. The van der Waals surface area contributed by atoms with Crippen molar-refractivity contribution in [2.75, 3.05) is 36.0 Å². The van der Waals surface area contributed by atoms with E-state index in [0.29, 0.717) is 31.9 Å². The molecule has 1 amide bonds. The Morgan fingerprint density at radius 2 is 1.96 bits per heavy atom. The maximum atomic E-state index is 13.4. The summed E-state index contributed by atoms with van der Waals surface area (Å²) in [5.41, 5.74) is 1.65. The highest BCUT2D eigenvalue weighted by molar-refractivity contribution is 6.00. The Kier molecular flexibility index (Phi) is 4.13. The van der Waals surface area contributed by atoms with Gasteiger partial charge in [0.2, 0.25) is 11.9 Å². The first-order valence-electron chi connectivity index (χ1n) is 8.76. The van der Waals surface area contributed by atoms with E-state index in [1.807, 2.05) is 23.1 Å². The standard InChI is InChI=1S/C19H22N4O2/c24-13-8-19(7-12-22(14-19)18-20-9-3-10-21-18)17(25)23-11-6-15-4-1-2-5-16(15)23/h1-5,9-10,24H,6-8,11-14H2. The number of carbonyl (C=O) groups excluding carboxylic acids is 1. The molecular formula is C19H22N4O2. The summed E-state index contributed by atoms with van der Waals surface area (Å²) >= 11 is 0. The highest BCUT2D eigenvalue weighted by atomic mass is 16.3. The van der Waals surface area contributed by atoms with E-state index in [1.165, 1.54) is 5.56 Å². The molecule has 1 aromatic carbocycles. The van der Waals surface area contributed by atoms with Crippen molar-refractivity contribution < 1.29 is 9.90 Å². The molecule has 1 atom stereocenters. The number of benzene rings is 1. The summed E-state index contributed by atoms with van der Waals surface area (Å²) < 4.78 is 0. The summed E-state index contributed by atoms with van der Waals surface area (Å²) in [5, 5.41) is 9.62. The number of fused-ring (bicyclic) bond motifs is 1. The molecule has 130 valence electrons. The number of nitrogens with zero attached hydrogens (tertiary/aromatic N) is 4. The van der Waals surface area contributed by atoms with Crippen LogP contribution in [0.25, 0.3) is 0 Å². The lowest BCUT2D eigenvalue weighted by Gasteiger charge is -2.32. The van der Waals surface area contributed by atoms with Crippen LogP contribution in [0.1, 0.15) is 18.4 Å². The highest BCUT2D eigenvalue weighted by Crippen LogP contribution is 2.40. The molecule has 1 N–H and O–H groups in total. The third-order valence-electron chi connectivity index (χ3n) is 5.37. The molecule has 0 aliphatic carbocycles.